The molecule has 2 aromatic heterocycles. The van der Waals surface area contributed by atoms with Gasteiger partial charge in [-0.3, -0.25) is 4.98 Å². The fourth-order valence-corrected chi connectivity index (χ4v) is 2.82. The molecule has 0 radical (unpaired) electrons. The van der Waals surface area contributed by atoms with Gasteiger partial charge < -0.3 is 11.1 Å². The first-order valence-corrected chi connectivity index (χ1v) is 8.49. The zero-order valence-electron chi connectivity index (χ0n) is 14.8. The zero-order valence-corrected chi connectivity index (χ0v) is 15.6. The molecule has 1 unspecified atom stereocenters. The van der Waals surface area contributed by atoms with Crippen LogP contribution in [0.4, 0.5) is 11.6 Å². The van der Waals surface area contributed by atoms with Crippen LogP contribution in [0.2, 0.25) is 0 Å². The molecule has 0 aliphatic rings. The van der Waals surface area contributed by atoms with Gasteiger partial charge >= 0.3 is 0 Å². The van der Waals surface area contributed by atoms with E-state index in [1.54, 1.807) is 12.4 Å². The molecular weight excluding hydrogens is 358 g/mol. The zero-order chi connectivity index (χ0) is 17.9. The van der Waals surface area contributed by atoms with Crippen LogP contribution in [0.3, 0.4) is 0 Å². The van der Waals surface area contributed by atoms with E-state index in [0.29, 0.717) is 5.95 Å². The van der Waals surface area contributed by atoms with Gasteiger partial charge in [0.15, 0.2) is 0 Å². The number of nitrogens with zero attached hydrogens (tertiary/aromatic N) is 3. The highest BCUT2D eigenvalue weighted by Crippen LogP contribution is 2.24. The second-order valence-corrected chi connectivity index (χ2v) is 6.24. The lowest BCUT2D eigenvalue weighted by molar-refractivity contribution is 0.818. The Morgan fingerprint density at radius 1 is 0.926 bits per heavy atom. The van der Waals surface area contributed by atoms with Crippen molar-refractivity contribution in [1.82, 2.24) is 15.0 Å². The summed E-state index contributed by atoms with van der Waals surface area (Å²) in [7, 11) is 0. The third-order valence-corrected chi connectivity index (χ3v) is 4.29. The molecule has 0 spiro atoms. The summed E-state index contributed by atoms with van der Waals surface area (Å²) in [6.07, 6.45) is 5.42. The molecule has 0 bridgehead atoms. The van der Waals surface area contributed by atoms with Crippen molar-refractivity contribution in [3.63, 3.8) is 0 Å². The molecule has 2 heterocycles. The predicted molar refractivity (Wildman–Crippen MR) is 112 cm³/mol. The highest BCUT2D eigenvalue weighted by Gasteiger charge is 2.04. The summed E-state index contributed by atoms with van der Waals surface area (Å²) in [5.41, 5.74) is 11.1. The van der Waals surface area contributed by atoms with Crippen molar-refractivity contribution >= 4 is 34.9 Å². The number of nitrogens with one attached hydrogen (secondary N) is 1. The first-order chi connectivity index (χ1) is 12.7. The van der Waals surface area contributed by atoms with Crippen molar-refractivity contribution in [2.24, 2.45) is 5.73 Å². The van der Waals surface area contributed by atoms with Crippen LogP contribution in [0.15, 0.2) is 73.2 Å². The summed E-state index contributed by atoms with van der Waals surface area (Å²) in [6, 6.07) is 18.2. The van der Waals surface area contributed by atoms with Crippen LogP contribution in [-0.2, 0) is 0 Å². The number of benzene rings is 2. The van der Waals surface area contributed by atoms with E-state index in [-0.39, 0.29) is 18.4 Å². The lowest BCUT2D eigenvalue weighted by atomic mass is 10.1. The third kappa shape index (κ3) is 4.22. The third-order valence-electron chi connectivity index (χ3n) is 4.29. The molecule has 3 N–H and O–H groups in total. The Kier molecular flexibility index (Phi) is 5.64. The number of aromatic nitrogens is 3. The van der Waals surface area contributed by atoms with Gasteiger partial charge in [-0.1, -0.05) is 18.2 Å². The first-order valence-electron chi connectivity index (χ1n) is 8.49. The van der Waals surface area contributed by atoms with Crippen LogP contribution < -0.4 is 11.1 Å². The SMILES string of the molecule is CC(N)c1ccc(Nc2ncc3cc(-c4ccncc4)ccc3n2)cc1.Cl. The number of rotatable bonds is 4. The normalized spacial score (nSPS) is 11.6. The fourth-order valence-electron chi connectivity index (χ4n) is 2.82. The first kappa shape index (κ1) is 18.8. The summed E-state index contributed by atoms with van der Waals surface area (Å²) in [6.45, 7) is 1.97. The van der Waals surface area contributed by atoms with Gasteiger partial charge in [0.05, 0.1) is 5.52 Å². The average Bonchev–Trinajstić information content (AvgIpc) is 2.69. The van der Waals surface area contributed by atoms with Crippen LogP contribution in [-0.4, -0.2) is 15.0 Å². The quantitative estimate of drug-likeness (QED) is 0.530. The Labute approximate surface area is 164 Å². The summed E-state index contributed by atoms with van der Waals surface area (Å²) < 4.78 is 0. The largest absolute Gasteiger partial charge is 0.324 e. The van der Waals surface area contributed by atoms with E-state index in [4.69, 9.17) is 5.73 Å². The monoisotopic (exact) mass is 377 g/mol. The number of anilines is 2. The van der Waals surface area contributed by atoms with Gasteiger partial charge in [-0.25, -0.2) is 9.97 Å². The number of halogens is 1. The molecule has 2 aromatic carbocycles. The lowest BCUT2D eigenvalue weighted by Gasteiger charge is -2.09. The van der Waals surface area contributed by atoms with Crippen molar-refractivity contribution in [3.05, 3.63) is 78.8 Å². The van der Waals surface area contributed by atoms with Gasteiger partial charge in [-0.05, 0) is 60.0 Å². The van der Waals surface area contributed by atoms with Gasteiger partial charge in [-0.15, -0.1) is 12.4 Å². The highest BCUT2D eigenvalue weighted by atomic mass is 35.5. The van der Waals surface area contributed by atoms with E-state index in [9.17, 15) is 0 Å². The second kappa shape index (κ2) is 8.12. The molecule has 0 saturated heterocycles. The molecule has 0 amide bonds. The minimum absolute atomic E-state index is 0. The maximum Gasteiger partial charge on any atom is 0.227 e. The fraction of sp³-hybridized carbons (Fsp3) is 0.0952. The van der Waals surface area contributed by atoms with Crippen LogP contribution in [0, 0.1) is 0 Å². The van der Waals surface area contributed by atoms with Crippen LogP contribution in [0.5, 0.6) is 0 Å². The van der Waals surface area contributed by atoms with E-state index in [1.165, 1.54) is 0 Å². The van der Waals surface area contributed by atoms with Gasteiger partial charge in [0.1, 0.15) is 0 Å². The predicted octanol–water partition coefficient (Wildman–Crippen LogP) is 4.88. The van der Waals surface area contributed by atoms with Crippen molar-refractivity contribution < 1.29 is 0 Å². The Bertz CT molecular complexity index is 1030. The molecule has 0 aliphatic carbocycles. The van der Waals surface area contributed by atoms with Crippen LogP contribution >= 0.6 is 12.4 Å². The van der Waals surface area contributed by atoms with Gasteiger partial charge in [0.2, 0.25) is 5.95 Å². The molecule has 5 nitrogen and oxygen atoms in total. The van der Waals surface area contributed by atoms with Gasteiger partial charge in [0, 0.05) is 35.7 Å². The van der Waals surface area contributed by atoms with E-state index >= 15 is 0 Å². The van der Waals surface area contributed by atoms with Crippen molar-refractivity contribution in [1.29, 1.82) is 0 Å². The molecule has 136 valence electrons. The number of nitrogens with two attached hydrogens (primary N) is 1. The van der Waals surface area contributed by atoms with Gasteiger partial charge in [-0.2, -0.15) is 0 Å². The van der Waals surface area contributed by atoms with Crippen molar-refractivity contribution in [2.45, 2.75) is 13.0 Å². The Morgan fingerprint density at radius 3 is 2.37 bits per heavy atom. The molecular formula is C21H20ClN5. The molecule has 1 atom stereocenters. The van der Waals surface area contributed by atoms with Crippen LogP contribution in [0.25, 0.3) is 22.0 Å². The smallest absolute Gasteiger partial charge is 0.227 e. The number of hydrogen-bond donors (Lipinski definition) is 2. The minimum Gasteiger partial charge on any atom is -0.324 e. The van der Waals surface area contributed by atoms with E-state index in [2.05, 4.69) is 32.4 Å². The van der Waals surface area contributed by atoms with Crippen molar-refractivity contribution in [3.8, 4) is 11.1 Å². The molecule has 6 heteroatoms. The summed E-state index contributed by atoms with van der Waals surface area (Å²) in [5, 5.41) is 4.23. The number of hydrogen-bond acceptors (Lipinski definition) is 5. The maximum absolute atomic E-state index is 5.88. The standard InChI is InChI=1S/C21H19N5.ClH/c1-14(22)15-2-5-19(6-3-15)25-21-24-13-18-12-17(4-7-20(18)26-21)16-8-10-23-11-9-16;/h2-14H,22H2,1H3,(H,24,25,26);1H. The van der Waals surface area contributed by atoms with E-state index < -0.39 is 0 Å². The van der Waals surface area contributed by atoms with E-state index in [1.807, 2.05) is 55.6 Å². The molecule has 27 heavy (non-hydrogen) atoms. The Balaban J connectivity index is 0.00000210. The maximum atomic E-state index is 5.88. The molecule has 0 aliphatic heterocycles. The average molecular weight is 378 g/mol. The highest BCUT2D eigenvalue weighted by molar-refractivity contribution is 5.85. The lowest BCUT2D eigenvalue weighted by Crippen LogP contribution is -2.04. The van der Waals surface area contributed by atoms with Crippen molar-refractivity contribution in [2.75, 3.05) is 5.32 Å². The molecule has 0 saturated carbocycles. The summed E-state index contributed by atoms with van der Waals surface area (Å²) in [5.74, 6) is 0.572. The second-order valence-electron chi connectivity index (χ2n) is 6.24. The Hall–Kier alpha value is -3.02. The molecule has 4 aromatic rings. The topological polar surface area (TPSA) is 76.7 Å². The minimum atomic E-state index is 0. The summed E-state index contributed by atoms with van der Waals surface area (Å²) >= 11 is 0. The Morgan fingerprint density at radius 2 is 1.67 bits per heavy atom. The number of fused-ring (bicyclic) bond motifs is 1. The van der Waals surface area contributed by atoms with Crippen LogP contribution in [0.1, 0.15) is 18.5 Å². The van der Waals surface area contributed by atoms with Gasteiger partial charge in [0.25, 0.3) is 0 Å². The molecule has 4 rings (SSSR count). The molecule has 0 fully saturated rings. The number of pyridine rings is 1. The van der Waals surface area contributed by atoms with E-state index in [0.717, 1.165) is 33.3 Å². The summed E-state index contributed by atoms with van der Waals surface area (Å²) in [4.78, 5) is 13.1.